The molecule has 9 heteroatoms. The Kier molecular flexibility index (Phi) is 5.12. The average molecular weight is 450 g/mol. The van der Waals surface area contributed by atoms with Gasteiger partial charge in [0.15, 0.2) is 5.65 Å². The maximum atomic E-state index is 6.36. The van der Waals surface area contributed by atoms with Gasteiger partial charge in [-0.25, -0.2) is 9.97 Å². The number of rotatable bonds is 3. The van der Waals surface area contributed by atoms with Crippen molar-refractivity contribution in [3.05, 3.63) is 46.8 Å². The van der Waals surface area contributed by atoms with E-state index in [2.05, 4.69) is 9.88 Å². The molecular formula is C20H21Cl2N5OS. The Hall–Kier alpha value is -1.51. The van der Waals surface area contributed by atoms with Gasteiger partial charge in [-0.3, -0.25) is 4.40 Å². The summed E-state index contributed by atoms with van der Waals surface area (Å²) in [6.45, 7) is 2.49. The topological polar surface area (TPSA) is 68.7 Å². The maximum absolute atomic E-state index is 6.36. The third kappa shape index (κ3) is 3.39. The molecule has 1 aromatic carbocycles. The second-order valence-corrected chi connectivity index (χ2v) is 9.36. The van der Waals surface area contributed by atoms with Crippen LogP contribution in [0, 0.1) is 0 Å². The SMILES string of the molecule is N[C@@H]1CCOC12CCN(c1ncc(Sc3cccc(Cl)c3Cl)c3nccn13)CC2. The fourth-order valence-electron chi connectivity index (χ4n) is 4.23. The first kappa shape index (κ1) is 19.5. The van der Waals surface area contributed by atoms with Crippen LogP contribution in [0.3, 0.4) is 0 Å². The largest absolute Gasteiger partial charge is 0.373 e. The van der Waals surface area contributed by atoms with E-state index in [4.69, 9.17) is 38.7 Å². The molecule has 2 aromatic heterocycles. The zero-order valence-corrected chi connectivity index (χ0v) is 18.1. The lowest BCUT2D eigenvalue weighted by Gasteiger charge is -2.41. The second-order valence-electron chi connectivity index (χ2n) is 7.49. The Labute approximate surface area is 183 Å². The van der Waals surface area contributed by atoms with E-state index in [0.29, 0.717) is 10.0 Å². The molecule has 2 saturated heterocycles. The fraction of sp³-hybridized carbons (Fsp3) is 0.400. The minimum absolute atomic E-state index is 0.132. The highest BCUT2D eigenvalue weighted by atomic mass is 35.5. The maximum Gasteiger partial charge on any atom is 0.211 e. The molecule has 2 aliphatic rings. The van der Waals surface area contributed by atoms with Gasteiger partial charge in [-0.05, 0) is 31.4 Å². The third-order valence-electron chi connectivity index (χ3n) is 5.90. The quantitative estimate of drug-likeness (QED) is 0.643. The van der Waals surface area contributed by atoms with Gasteiger partial charge in [0.1, 0.15) is 0 Å². The Balaban J connectivity index is 1.42. The molecule has 1 atom stereocenters. The van der Waals surface area contributed by atoms with Gasteiger partial charge in [0.25, 0.3) is 0 Å². The van der Waals surface area contributed by atoms with Crippen LogP contribution in [0.25, 0.3) is 5.65 Å². The first-order chi connectivity index (χ1) is 14.1. The van der Waals surface area contributed by atoms with E-state index in [1.54, 1.807) is 12.3 Å². The van der Waals surface area contributed by atoms with Crippen molar-refractivity contribution in [1.82, 2.24) is 14.4 Å². The smallest absolute Gasteiger partial charge is 0.211 e. The van der Waals surface area contributed by atoms with Crippen LogP contribution in [0.15, 0.2) is 46.6 Å². The number of piperidine rings is 1. The van der Waals surface area contributed by atoms with Crippen LogP contribution in [0.5, 0.6) is 0 Å². The van der Waals surface area contributed by atoms with Crippen molar-refractivity contribution in [1.29, 1.82) is 0 Å². The van der Waals surface area contributed by atoms with Gasteiger partial charge >= 0.3 is 0 Å². The first-order valence-electron chi connectivity index (χ1n) is 9.66. The summed E-state index contributed by atoms with van der Waals surface area (Å²) in [7, 11) is 0. The van der Waals surface area contributed by atoms with Crippen molar-refractivity contribution in [2.75, 3.05) is 24.6 Å². The summed E-state index contributed by atoms with van der Waals surface area (Å²) >= 11 is 14.0. The number of benzene rings is 1. The molecule has 0 saturated carbocycles. The van der Waals surface area contributed by atoms with Crippen molar-refractivity contribution < 1.29 is 4.74 Å². The van der Waals surface area contributed by atoms with Crippen LogP contribution >= 0.6 is 35.0 Å². The molecule has 4 heterocycles. The molecule has 0 amide bonds. The zero-order chi connectivity index (χ0) is 20.0. The summed E-state index contributed by atoms with van der Waals surface area (Å²) < 4.78 is 8.07. The molecule has 0 aliphatic carbocycles. The van der Waals surface area contributed by atoms with Crippen molar-refractivity contribution in [2.24, 2.45) is 5.73 Å². The molecule has 6 nitrogen and oxygen atoms in total. The van der Waals surface area contributed by atoms with Crippen LogP contribution in [-0.4, -0.2) is 45.7 Å². The van der Waals surface area contributed by atoms with Crippen LogP contribution in [0.1, 0.15) is 19.3 Å². The number of imidazole rings is 1. The Bertz CT molecular complexity index is 1050. The number of aromatic nitrogens is 3. The molecule has 29 heavy (non-hydrogen) atoms. The van der Waals surface area contributed by atoms with Gasteiger partial charge in [-0.15, -0.1) is 0 Å². The highest BCUT2D eigenvalue weighted by Gasteiger charge is 2.44. The van der Waals surface area contributed by atoms with Gasteiger partial charge in [-0.2, -0.15) is 0 Å². The van der Waals surface area contributed by atoms with E-state index in [1.165, 1.54) is 11.8 Å². The molecule has 0 bridgehead atoms. The minimum Gasteiger partial charge on any atom is -0.373 e. The summed E-state index contributed by atoms with van der Waals surface area (Å²) in [5.41, 5.74) is 7.01. The Morgan fingerprint density at radius 2 is 2.00 bits per heavy atom. The molecular weight excluding hydrogens is 429 g/mol. The monoisotopic (exact) mass is 449 g/mol. The summed E-state index contributed by atoms with van der Waals surface area (Å²) in [5.74, 6) is 0.889. The van der Waals surface area contributed by atoms with E-state index < -0.39 is 0 Å². The van der Waals surface area contributed by atoms with Gasteiger partial charge in [0, 0.05) is 49.2 Å². The van der Waals surface area contributed by atoms with Gasteiger partial charge in [-0.1, -0.05) is 41.0 Å². The number of ether oxygens (including phenoxy) is 1. The van der Waals surface area contributed by atoms with Gasteiger partial charge in [0.2, 0.25) is 5.95 Å². The number of halogens is 2. The molecule has 2 fully saturated rings. The van der Waals surface area contributed by atoms with Crippen molar-refractivity contribution >= 4 is 46.6 Å². The standard InChI is InChI=1S/C20H21Cl2N5OS/c21-13-2-1-3-14(17(13)22)29-15-12-25-19(27-10-7-24-18(15)27)26-8-5-20(6-9-26)16(23)4-11-28-20/h1-3,7,10,12,16H,4-6,8-9,11,23H2/t16-/m1/s1. The third-order valence-corrected chi connectivity index (χ3v) is 7.90. The summed E-state index contributed by atoms with van der Waals surface area (Å²) in [4.78, 5) is 13.4. The number of hydrogen-bond donors (Lipinski definition) is 1. The van der Waals surface area contributed by atoms with E-state index >= 15 is 0 Å². The summed E-state index contributed by atoms with van der Waals surface area (Å²) in [6, 6.07) is 5.75. The molecule has 152 valence electrons. The molecule has 3 aromatic rings. The molecule has 2 N–H and O–H groups in total. The lowest BCUT2D eigenvalue weighted by atomic mass is 9.85. The number of anilines is 1. The van der Waals surface area contributed by atoms with Crippen LogP contribution in [0.4, 0.5) is 5.95 Å². The van der Waals surface area contributed by atoms with E-state index in [9.17, 15) is 0 Å². The van der Waals surface area contributed by atoms with E-state index in [-0.39, 0.29) is 11.6 Å². The number of fused-ring (bicyclic) bond motifs is 1. The first-order valence-corrected chi connectivity index (χ1v) is 11.2. The van der Waals surface area contributed by atoms with Crippen LogP contribution < -0.4 is 10.6 Å². The molecule has 1 spiro atoms. The van der Waals surface area contributed by atoms with Crippen molar-refractivity contribution in [3.63, 3.8) is 0 Å². The molecule has 0 radical (unpaired) electrons. The normalized spacial score (nSPS) is 21.3. The minimum atomic E-state index is -0.163. The Morgan fingerprint density at radius 1 is 1.17 bits per heavy atom. The number of hydrogen-bond acceptors (Lipinski definition) is 6. The zero-order valence-electron chi connectivity index (χ0n) is 15.7. The predicted molar refractivity (Wildman–Crippen MR) is 116 cm³/mol. The van der Waals surface area contributed by atoms with E-state index in [1.807, 2.05) is 28.9 Å². The predicted octanol–water partition coefficient (Wildman–Crippen LogP) is 4.27. The molecule has 0 unspecified atom stereocenters. The highest BCUT2D eigenvalue weighted by molar-refractivity contribution is 7.99. The molecule has 5 rings (SSSR count). The molecule has 2 aliphatic heterocycles. The summed E-state index contributed by atoms with van der Waals surface area (Å²) in [6.07, 6.45) is 8.39. The summed E-state index contributed by atoms with van der Waals surface area (Å²) in [5, 5.41) is 1.08. The number of nitrogens with two attached hydrogens (primary N) is 1. The van der Waals surface area contributed by atoms with Gasteiger partial charge in [0.05, 0.1) is 20.5 Å². The van der Waals surface area contributed by atoms with Crippen molar-refractivity contribution in [3.8, 4) is 0 Å². The fourth-order valence-corrected chi connectivity index (χ4v) is 5.63. The van der Waals surface area contributed by atoms with Crippen molar-refractivity contribution in [2.45, 2.75) is 40.7 Å². The van der Waals surface area contributed by atoms with Gasteiger partial charge < -0.3 is 15.4 Å². The number of nitrogens with zero attached hydrogens (tertiary/aromatic N) is 4. The van der Waals surface area contributed by atoms with Crippen LogP contribution in [0.2, 0.25) is 10.0 Å². The van der Waals surface area contributed by atoms with E-state index in [0.717, 1.165) is 60.3 Å². The lowest BCUT2D eigenvalue weighted by Crippen LogP contribution is -2.53. The second kappa shape index (κ2) is 7.63. The Morgan fingerprint density at radius 3 is 2.76 bits per heavy atom. The lowest BCUT2D eigenvalue weighted by molar-refractivity contribution is -0.0231. The average Bonchev–Trinajstić information content (AvgIpc) is 3.35. The highest BCUT2D eigenvalue weighted by Crippen LogP contribution is 2.40. The van der Waals surface area contributed by atoms with Crippen LogP contribution in [-0.2, 0) is 4.74 Å².